The molecule has 0 radical (unpaired) electrons. The predicted molar refractivity (Wildman–Crippen MR) is 112 cm³/mol. The van der Waals surface area contributed by atoms with E-state index in [-0.39, 0.29) is 6.09 Å². The van der Waals surface area contributed by atoms with E-state index in [0.717, 1.165) is 24.5 Å². The zero-order valence-electron chi connectivity index (χ0n) is 16.7. The van der Waals surface area contributed by atoms with Gasteiger partial charge in [-0.15, -0.1) is 0 Å². The van der Waals surface area contributed by atoms with E-state index in [1.165, 1.54) is 0 Å². The van der Waals surface area contributed by atoms with Crippen molar-refractivity contribution in [3.63, 3.8) is 0 Å². The number of carbonyl (C=O) groups excluding carboxylic acids is 1. The van der Waals surface area contributed by atoms with Crippen molar-refractivity contribution in [3.8, 4) is 11.4 Å². The molecule has 2 aromatic rings. The number of hydrogen-bond acceptors (Lipinski definition) is 5. The van der Waals surface area contributed by atoms with Crippen molar-refractivity contribution < 1.29 is 9.53 Å². The Balaban J connectivity index is 1.66. The second kappa shape index (κ2) is 8.23. The van der Waals surface area contributed by atoms with Crippen LogP contribution in [-0.4, -0.2) is 62.0 Å². The van der Waals surface area contributed by atoms with E-state index in [1.54, 1.807) is 9.58 Å². The Morgan fingerprint density at radius 2 is 1.86 bits per heavy atom. The third kappa shape index (κ3) is 4.74. The molecule has 1 aromatic heterocycles. The molecule has 1 aliphatic rings. The maximum atomic E-state index is 12.2. The SMILES string of the molecule is Cn1c(-c2ccccc2Cl)nn(CN2CCN(C(=O)OC(C)(C)C)CC2)c1=S. The molecule has 1 aromatic carbocycles. The topological polar surface area (TPSA) is 55.5 Å². The highest BCUT2D eigenvalue weighted by Gasteiger charge is 2.26. The zero-order valence-corrected chi connectivity index (χ0v) is 18.3. The molecule has 28 heavy (non-hydrogen) atoms. The molecule has 1 saturated heterocycles. The van der Waals surface area contributed by atoms with Crippen LogP contribution in [0, 0.1) is 4.77 Å². The van der Waals surface area contributed by atoms with Gasteiger partial charge in [0.2, 0.25) is 0 Å². The summed E-state index contributed by atoms with van der Waals surface area (Å²) in [6.45, 7) is 8.90. The quantitative estimate of drug-likeness (QED) is 0.703. The standard InChI is InChI=1S/C19H26ClN5O2S/c1-19(2,3)27-18(26)24-11-9-23(10-12-24)13-25-17(28)22(4)16(21-25)14-7-5-6-8-15(14)20/h5-8H,9-13H2,1-4H3. The first-order valence-corrected chi connectivity index (χ1v) is 10.0. The molecule has 1 aliphatic heterocycles. The number of amides is 1. The molecule has 0 saturated carbocycles. The molecule has 0 bridgehead atoms. The second-order valence-electron chi connectivity index (χ2n) is 7.87. The van der Waals surface area contributed by atoms with Crippen molar-refractivity contribution in [2.45, 2.75) is 33.0 Å². The van der Waals surface area contributed by atoms with Gasteiger partial charge in [0.25, 0.3) is 0 Å². The monoisotopic (exact) mass is 423 g/mol. The number of benzene rings is 1. The van der Waals surface area contributed by atoms with Crippen LogP contribution in [0.2, 0.25) is 5.02 Å². The Morgan fingerprint density at radius 3 is 2.46 bits per heavy atom. The number of ether oxygens (including phenoxy) is 1. The Bertz CT molecular complexity index is 910. The molecule has 0 unspecified atom stereocenters. The number of hydrogen-bond donors (Lipinski definition) is 0. The average Bonchev–Trinajstić information content (AvgIpc) is 2.90. The normalized spacial score (nSPS) is 15.7. The second-order valence-corrected chi connectivity index (χ2v) is 8.64. The van der Waals surface area contributed by atoms with E-state index in [1.807, 2.05) is 56.7 Å². The molecule has 3 rings (SSSR count). The average molecular weight is 424 g/mol. The number of halogens is 1. The highest BCUT2D eigenvalue weighted by atomic mass is 35.5. The van der Waals surface area contributed by atoms with Gasteiger partial charge in [-0.1, -0.05) is 23.7 Å². The molecule has 9 heteroatoms. The summed E-state index contributed by atoms with van der Waals surface area (Å²) < 4.78 is 9.75. The molecule has 2 heterocycles. The summed E-state index contributed by atoms with van der Waals surface area (Å²) in [4.78, 5) is 16.2. The number of aromatic nitrogens is 3. The fraction of sp³-hybridized carbons (Fsp3) is 0.526. The van der Waals surface area contributed by atoms with Gasteiger partial charge in [0.15, 0.2) is 10.6 Å². The van der Waals surface area contributed by atoms with Gasteiger partial charge in [-0.2, -0.15) is 5.10 Å². The Labute approximate surface area is 175 Å². The minimum Gasteiger partial charge on any atom is -0.444 e. The van der Waals surface area contributed by atoms with Crippen LogP contribution in [0.25, 0.3) is 11.4 Å². The molecule has 152 valence electrons. The van der Waals surface area contributed by atoms with Crippen LogP contribution in [0.15, 0.2) is 24.3 Å². The first kappa shape index (κ1) is 20.8. The molecule has 1 fully saturated rings. The molecule has 1 amide bonds. The van der Waals surface area contributed by atoms with Gasteiger partial charge in [0.05, 0.1) is 11.7 Å². The maximum Gasteiger partial charge on any atom is 0.410 e. The lowest BCUT2D eigenvalue weighted by molar-refractivity contribution is 0.0113. The lowest BCUT2D eigenvalue weighted by Crippen LogP contribution is -2.50. The molecule has 0 atom stereocenters. The molecule has 7 nitrogen and oxygen atoms in total. The van der Waals surface area contributed by atoms with Gasteiger partial charge < -0.3 is 14.2 Å². The Morgan fingerprint density at radius 1 is 1.21 bits per heavy atom. The van der Waals surface area contributed by atoms with E-state index in [0.29, 0.717) is 29.6 Å². The molecular formula is C19H26ClN5O2S. The fourth-order valence-electron chi connectivity index (χ4n) is 3.04. The summed E-state index contributed by atoms with van der Waals surface area (Å²) >= 11 is 11.9. The number of rotatable bonds is 3. The van der Waals surface area contributed by atoms with Crippen molar-refractivity contribution in [1.29, 1.82) is 0 Å². The fourth-order valence-corrected chi connectivity index (χ4v) is 3.45. The molecule has 0 spiro atoms. The van der Waals surface area contributed by atoms with E-state index < -0.39 is 5.60 Å². The van der Waals surface area contributed by atoms with Crippen LogP contribution in [0.5, 0.6) is 0 Å². The van der Waals surface area contributed by atoms with E-state index >= 15 is 0 Å². The van der Waals surface area contributed by atoms with Crippen molar-refractivity contribution in [2.75, 3.05) is 26.2 Å². The van der Waals surface area contributed by atoms with Crippen LogP contribution in [-0.2, 0) is 18.5 Å². The van der Waals surface area contributed by atoms with Crippen molar-refractivity contribution >= 4 is 29.9 Å². The third-order valence-corrected chi connectivity index (χ3v) is 5.33. The summed E-state index contributed by atoms with van der Waals surface area (Å²) in [5.41, 5.74) is 0.371. The van der Waals surface area contributed by atoms with Crippen LogP contribution in [0.1, 0.15) is 20.8 Å². The summed E-state index contributed by atoms with van der Waals surface area (Å²) in [5.74, 6) is 0.739. The van der Waals surface area contributed by atoms with E-state index in [4.69, 9.17) is 28.6 Å². The Hall–Kier alpha value is -1.90. The largest absolute Gasteiger partial charge is 0.444 e. The summed E-state index contributed by atoms with van der Waals surface area (Å²) in [6, 6.07) is 7.60. The third-order valence-electron chi connectivity index (χ3n) is 4.51. The van der Waals surface area contributed by atoms with Crippen molar-refractivity contribution in [3.05, 3.63) is 34.1 Å². The molecular weight excluding hydrogens is 398 g/mol. The van der Waals surface area contributed by atoms with Crippen LogP contribution in [0.3, 0.4) is 0 Å². The highest BCUT2D eigenvalue weighted by molar-refractivity contribution is 7.71. The zero-order chi connectivity index (χ0) is 20.5. The minimum atomic E-state index is -0.482. The maximum absolute atomic E-state index is 12.2. The summed E-state index contributed by atoms with van der Waals surface area (Å²) in [7, 11) is 1.89. The van der Waals surface area contributed by atoms with Crippen LogP contribution >= 0.6 is 23.8 Å². The van der Waals surface area contributed by atoms with Gasteiger partial charge in [-0.3, -0.25) is 4.90 Å². The van der Waals surface area contributed by atoms with Gasteiger partial charge >= 0.3 is 6.09 Å². The Kier molecular flexibility index (Phi) is 6.12. The minimum absolute atomic E-state index is 0.261. The van der Waals surface area contributed by atoms with Gasteiger partial charge in [0, 0.05) is 38.8 Å². The number of carbonyl (C=O) groups is 1. The predicted octanol–water partition coefficient (Wildman–Crippen LogP) is 3.78. The summed E-state index contributed by atoms with van der Waals surface area (Å²) in [5, 5.41) is 5.32. The van der Waals surface area contributed by atoms with Gasteiger partial charge in [-0.25, -0.2) is 9.48 Å². The number of nitrogens with zero attached hydrogens (tertiary/aromatic N) is 5. The van der Waals surface area contributed by atoms with Crippen molar-refractivity contribution in [1.82, 2.24) is 24.1 Å². The summed E-state index contributed by atoms with van der Waals surface area (Å²) in [6.07, 6.45) is -0.261. The first-order valence-electron chi connectivity index (χ1n) is 9.25. The van der Waals surface area contributed by atoms with E-state index in [2.05, 4.69) is 10.00 Å². The highest BCUT2D eigenvalue weighted by Crippen LogP contribution is 2.26. The van der Waals surface area contributed by atoms with Gasteiger partial charge in [-0.05, 0) is 45.1 Å². The number of piperazine rings is 1. The van der Waals surface area contributed by atoms with Crippen LogP contribution < -0.4 is 0 Å². The lowest BCUT2D eigenvalue weighted by Gasteiger charge is -2.35. The van der Waals surface area contributed by atoms with Crippen LogP contribution in [0.4, 0.5) is 4.79 Å². The lowest BCUT2D eigenvalue weighted by atomic mass is 10.2. The molecule has 0 aliphatic carbocycles. The van der Waals surface area contributed by atoms with Gasteiger partial charge in [0.1, 0.15) is 5.60 Å². The molecule has 0 N–H and O–H groups in total. The van der Waals surface area contributed by atoms with E-state index in [9.17, 15) is 4.79 Å². The first-order chi connectivity index (χ1) is 13.2. The smallest absolute Gasteiger partial charge is 0.410 e. The van der Waals surface area contributed by atoms with Crippen molar-refractivity contribution in [2.24, 2.45) is 7.05 Å².